The summed E-state index contributed by atoms with van der Waals surface area (Å²) in [5, 5.41) is 0. The highest BCUT2D eigenvalue weighted by atomic mass is 127. The first kappa shape index (κ1) is 20.9. The third-order valence-corrected chi connectivity index (χ3v) is 5.10. The first-order chi connectivity index (χ1) is 12.3. The smallest absolute Gasteiger partial charge is 0.191 e. The molecule has 0 atom stereocenters. The molecule has 0 bridgehead atoms. The number of benzene rings is 2. The lowest BCUT2D eigenvalue weighted by Crippen LogP contribution is -2.42. The second kappa shape index (κ2) is 11.3. The molecule has 0 unspecified atom stereocenters. The maximum atomic E-state index is 6.10. The third kappa shape index (κ3) is 6.72. The highest BCUT2D eigenvalue weighted by Gasteiger charge is 2.11. The summed E-state index contributed by atoms with van der Waals surface area (Å²) >= 11 is 1.98. The van der Waals surface area contributed by atoms with Gasteiger partial charge in [0.05, 0.1) is 0 Å². The molecule has 26 heavy (non-hydrogen) atoms. The Kier molecular flexibility index (Phi) is 9.11. The van der Waals surface area contributed by atoms with Gasteiger partial charge in [0.1, 0.15) is 12.4 Å². The van der Waals surface area contributed by atoms with E-state index in [0.29, 0.717) is 19.1 Å². The number of nitrogens with zero attached hydrogens (tertiary/aromatic N) is 2. The molecule has 2 N–H and O–H groups in total. The van der Waals surface area contributed by atoms with Crippen molar-refractivity contribution in [2.24, 2.45) is 10.7 Å². The van der Waals surface area contributed by atoms with Crippen LogP contribution >= 0.6 is 35.7 Å². The quantitative estimate of drug-likeness (QED) is 0.386. The molecule has 0 amide bonds. The molecule has 0 aliphatic carbocycles. The Morgan fingerprint density at radius 1 is 1.04 bits per heavy atom. The maximum Gasteiger partial charge on any atom is 0.191 e. The molecule has 1 heterocycles. The van der Waals surface area contributed by atoms with Gasteiger partial charge in [0.25, 0.3) is 0 Å². The van der Waals surface area contributed by atoms with Gasteiger partial charge in [-0.25, -0.2) is 0 Å². The lowest BCUT2D eigenvalue weighted by molar-refractivity contribution is 0.306. The number of rotatable bonds is 6. The number of guanidine groups is 1. The molecule has 140 valence electrons. The van der Waals surface area contributed by atoms with Crippen molar-refractivity contribution in [1.29, 1.82) is 0 Å². The number of hydrogen-bond acceptors (Lipinski definition) is 3. The molecular formula is C20H26IN3OS. The standard InChI is InChI=1S/C20H25N3OS.HI/c21-20(23-11-13-25-14-12-23)22-10-9-17-7-4-8-19(15-17)24-16-18-5-2-1-3-6-18;/h1-8,15H,9-14,16H2,(H2,21,22);1H. The molecule has 1 fully saturated rings. The zero-order chi connectivity index (χ0) is 17.3. The Balaban J connectivity index is 0.00000243. The SMILES string of the molecule is I.NC(=NCCc1cccc(OCc2ccccc2)c1)N1CCSCC1. The van der Waals surface area contributed by atoms with E-state index < -0.39 is 0 Å². The molecule has 1 aliphatic rings. The highest BCUT2D eigenvalue weighted by molar-refractivity contribution is 14.0. The van der Waals surface area contributed by atoms with Crippen molar-refractivity contribution in [1.82, 2.24) is 4.90 Å². The highest BCUT2D eigenvalue weighted by Crippen LogP contribution is 2.16. The van der Waals surface area contributed by atoms with Gasteiger partial charge in [0.2, 0.25) is 0 Å². The minimum absolute atomic E-state index is 0. The van der Waals surface area contributed by atoms with Gasteiger partial charge in [0.15, 0.2) is 5.96 Å². The van der Waals surface area contributed by atoms with E-state index in [4.69, 9.17) is 10.5 Å². The van der Waals surface area contributed by atoms with Crippen molar-refractivity contribution in [3.63, 3.8) is 0 Å². The summed E-state index contributed by atoms with van der Waals surface area (Å²) in [5.74, 6) is 3.84. The number of halogens is 1. The number of hydrogen-bond donors (Lipinski definition) is 1. The molecule has 6 heteroatoms. The zero-order valence-corrected chi connectivity index (χ0v) is 18.0. The molecule has 3 rings (SSSR count). The third-order valence-electron chi connectivity index (χ3n) is 4.16. The Labute approximate surface area is 177 Å². The van der Waals surface area contributed by atoms with E-state index in [-0.39, 0.29) is 24.0 Å². The first-order valence-corrected chi connectivity index (χ1v) is 9.85. The predicted molar refractivity (Wildman–Crippen MR) is 122 cm³/mol. The Hall–Kier alpha value is -1.41. The Morgan fingerprint density at radius 2 is 1.77 bits per heavy atom. The second-order valence-corrected chi connectivity index (χ2v) is 7.24. The van der Waals surface area contributed by atoms with E-state index in [2.05, 4.69) is 34.2 Å². The van der Waals surface area contributed by atoms with Crippen molar-refractivity contribution >= 4 is 41.7 Å². The molecule has 0 radical (unpaired) electrons. The maximum absolute atomic E-state index is 6.10. The Bertz CT molecular complexity index is 690. The van der Waals surface area contributed by atoms with Gasteiger partial charge >= 0.3 is 0 Å². The summed E-state index contributed by atoms with van der Waals surface area (Å²) in [6.07, 6.45) is 0.867. The van der Waals surface area contributed by atoms with Crippen molar-refractivity contribution in [2.45, 2.75) is 13.0 Å². The minimum Gasteiger partial charge on any atom is -0.489 e. The minimum atomic E-state index is 0. The van der Waals surface area contributed by atoms with Crippen LogP contribution < -0.4 is 10.5 Å². The fourth-order valence-electron chi connectivity index (χ4n) is 2.72. The first-order valence-electron chi connectivity index (χ1n) is 8.69. The summed E-state index contributed by atoms with van der Waals surface area (Å²) < 4.78 is 5.88. The van der Waals surface area contributed by atoms with Crippen LogP contribution in [0, 0.1) is 0 Å². The van der Waals surface area contributed by atoms with Crippen LogP contribution in [0.5, 0.6) is 5.75 Å². The van der Waals surface area contributed by atoms with Crippen LogP contribution in [0.2, 0.25) is 0 Å². The van der Waals surface area contributed by atoms with Crippen LogP contribution in [0.1, 0.15) is 11.1 Å². The van der Waals surface area contributed by atoms with Crippen LogP contribution in [-0.4, -0.2) is 42.0 Å². The molecule has 0 saturated carbocycles. The van der Waals surface area contributed by atoms with Crippen molar-refractivity contribution in [3.8, 4) is 5.75 Å². The lowest BCUT2D eigenvalue weighted by Gasteiger charge is -2.27. The van der Waals surface area contributed by atoms with Gasteiger partial charge in [-0.3, -0.25) is 4.99 Å². The zero-order valence-electron chi connectivity index (χ0n) is 14.8. The van der Waals surface area contributed by atoms with Gasteiger partial charge in [-0.1, -0.05) is 42.5 Å². The predicted octanol–water partition coefficient (Wildman–Crippen LogP) is 3.79. The summed E-state index contributed by atoms with van der Waals surface area (Å²) in [4.78, 5) is 6.71. The van der Waals surface area contributed by atoms with Crippen molar-refractivity contribution in [2.75, 3.05) is 31.1 Å². The monoisotopic (exact) mass is 483 g/mol. The van der Waals surface area contributed by atoms with Gasteiger partial charge in [0, 0.05) is 31.1 Å². The van der Waals surface area contributed by atoms with Crippen LogP contribution in [0.3, 0.4) is 0 Å². The number of aliphatic imine (C=N–C) groups is 1. The van der Waals surface area contributed by atoms with E-state index in [1.54, 1.807) is 0 Å². The summed E-state index contributed by atoms with van der Waals surface area (Å²) in [6, 6.07) is 18.4. The largest absolute Gasteiger partial charge is 0.489 e. The summed E-state index contributed by atoms with van der Waals surface area (Å²) in [7, 11) is 0. The van der Waals surface area contributed by atoms with Gasteiger partial charge in [-0.05, 0) is 29.7 Å². The summed E-state index contributed by atoms with van der Waals surface area (Å²) in [5.41, 5.74) is 8.49. The lowest BCUT2D eigenvalue weighted by atomic mass is 10.1. The molecular weight excluding hydrogens is 457 g/mol. The second-order valence-electron chi connectivity index (χ2n) is 6.01. The number of ether oxygens (including phenoxy) is 1. The molecule has 1 aliphatic heterocycles. The van der Waals surface area contributed by atoms with Crippen LogP contribution in [-0.2, 0) is 13.0 Å². The van der Waals surface area contributed by atoms with E-state index >= 15 is 0 Å². The van der Waals surface area contributed by atoms with Crippen molar-refractivity contribution < 1.29 is 4.74 Å². The number of nitrogens with two attached hydrogens (primary N) is 1. The fourth-order valence-corrected chi connectivity index (χ4v) is 3.63. The van der Waals surface area contributed by atoms with Crippen LogP contribution in [0.4, 0.5) is 0 Å². The van der Waals surface area contributed by atoms with E-state index in [1.165, 1.54) is 11.1 Å². The van der Waals surface area contributed by atoms with Gasteiger partial charge in [-0.15, -0.1) is 24.0 Å². The molecule has 0 aromatic heterocycles. The molecule has 4 nitrogen and oxygen atoms in total. The normalized spacial score (nSPS) is 14.6. The van der Waals surface area contributed by atoms with E-state index in [1.807, 2.05) is 42.1 Å². The number of thioether (sulfide) groups is 1. The van der Waals surface area contributed by atoms with Gasteiger partial charge < -0.3 is 15.4 Å². The molecule has 2 aromatic carbocycles. The molecule has 1 saturated heterocycles. The van der Waals surface area contributed by atoms with E-state index in [9.17, 15) is 0 Å². The molecule has 2 aromatic rings. The van der Waals surface area contributed by atoms with Crippen molar-refractivity contribution in [3.05, 3.63) is 65.7 Å². The van der Waals surface area contributed by atoms with Gasteiger partial charge in [-0.2, -0.15) is 11.8 Å². The topological polar surface area (TPSA) is 50.9 Å². The molecule has 0 spiro atoms. The average molecular weight is 483 g/mol. The van der Waals surface area contributed by atoms with Crippen LogP contribution in [0.25, 0.3) is 0 Å². The average Bonchev–Trinajstić information content (AvgIpc) is 2.68. The van der Waals surface area contributed by atoms with Crippen LogP contribution in [0.15, 0.2) is 59.6 Å². The van der Waals surface area contributed by atoms with E-state index in [0.717, 1.165) is 36.8 Å². The Morgan fingerprint density at radius 3 is 2.54 bits per heavy atom. The summed E-state index contributed by atoms with van der Waals surface area (Å²) in [6.45, 7) is 3.30. The fraction of sp³-hybridized carbons (Fsp3) is 0.350.